The zero-order valence-corrected chi connectivity index (χ0v) is 16.2. The Kier molecular flexibility index (Phi) is 7.00. The predicted molar refractivity (Wildman–Crippen MR) is 99.5 cm³/mol. The van der Waals surface area contributed by atoms with Crippen LogP contribution in [0.15, 0.2) is 12.3 Å². The maximum Gasteiger partial charge on any atom is 0.417 e. The number of nitrogens with zero attached hydrogens (tertiary/aromatic N) is 3. The van der Waals surface area contributed by atoms with Crippen molar-refractivity contribution >= 4 is 23.3 Å². The number of piperidine rings is 1. The van der Waals surface area contributed by atoms with Gasteiger partial charge in [-0.1, -0.05) is 11.6 Å². The topological polar surface area (TPSA) is 57.7 Å². The van der Waals surface area contributed by atoms with E-state index >= 15 is 0 Å². The van der Waals surface area contributed by atoms with Gasteiger partial charge in [0.15, 0.2) is 0 Å². The zero-order chi connectivity index (χ0) is 20.1. The van der Waals surface area contributed by atoms with E-state index in [1.54, 1.807) is 0 Å². The number of nitrogens with one attached hydrogen (secondary N) is 1. The van der Waals surface area contributed by atoms with Crippen molar-refractivity contribution in [2.75, 3.05) is 57.4 Å². The summed E-state index contributed by atoms with van der Waals surface area (Å²) in [5.41, 5.74) is -0.865. The van der Waals surface area contributed by atoms with Crippen LogP contribution in [0.25, 0.3) is 0 Å². The van der Waals surface area contributed by atoms with E-state index in [0.717, 1.165) is 45.1 Å². The number of rotatable bonds is 5. The van der Waals surface area contributed by atoms with Crippen molar-refractivity contribution in [3.05, 3.63) is 22.8 Å². The molecule has 0 aromatic carbocycles. The lowest BCUT2D eigenvalue weighted by Crippen LogP contribution is -2.44. The third-order valence-corrected chi connectivity index (χ3v) is 5.42. The van der Waals surface area contributed by atoms with Gasteiger partial charge in [0.1, 0.15) is 5.82 Å². The summed E-state index contributed by atoms with van der Waals surface area (Å²) < 4.78 is 43.5. The van der Waals surface area contributed by atoms with Crippen LogP contribution in [0.1, 0.15) is 18.4 Å². The molecule has 0 bridgehead atoms. The molecule has 10 heteroatoms. The second kappa shape index (κ2) is 9.28. The van der Waals surface area contributed by atoms with Crippen LogP contribution < -0.4 is 10.2 Å². The fraction of sp³-hybridized carbons (Fsp3) is 0.667. The standard InChI is InChI=1S/C18H24ClF3N4O2/c19-15-11-14(18(20,21)22)12-24-16(15)26-4-1-13(2-5-26)17(27)23-3-6-25-7-9-28-10-8-25/h11-13H,1-10H2,(H,23,27). The first-order valence-electron chi connectivity index (χ1n) is 9.40. The van der Waals surface area contributed by atoms with Crippen LogP contribution in [0.5, 0.6) is 0 Å². The monoisotopic (exact) mass is 420 g/mol. The molecule has 2 aliphatic heterocycles. The average Bonchev–Trinajstić information content (AvgIpc) is 2.68. The van der Waals surface area contributed by atoms with E-state index < -0.39 is 11.7 Å². The summed E-state index contributed by atoms with van der Waals surface area (Å²) in [6, 6.07) is 0.897. The number of hydrogen-bond donors (Lipinski definition) is 1. The molecule has 2 fully saturated rings. The number of carbonyl (C=O) groups excluding carboxylic acids is 1. The minimum absolute atomic E-state index is 0.0248. The van der Waals surface area contributed by atoms with Crippen LogP contribution in [-0.2, 0) is 15.7 Å². The zero-order valence-electron chi connectivity index (χ0n) is 15.5. The van der Waals surface area contributed by atoms with Crippen molar-refractivity contribution in [2.24, 2.45) is 5.92 Å². The van der Waals surface area contributed by atoms with Gasteiger partial charge in [-0.3, -0.25) is 9.69 Å². The van der Waals surface area contributed by atoms with Gasteiger partial charge in [-0.05, 0) is 18.9 Å². The highest BCUT2D eigenvalue weighted by molar-refractivity contribution is 6.33. The number of pyridine rings is 1. The van der Waals surface area contributed by atoms with E-state index in [0.29, 0.717) is 38.3 Å². The SMILES string of the molecule is O=C(NCCN1CCOCC1)C1CCN(c2ncc(C(F)(F)F)cc2Cl)CC1. The molecule has 0 radical (unpaired) electrons. The van der Waals surface area contributed by atoms with Gasteiger partial charge in [0.2, 0.25) is 5.91 Å². The molecule has 0 spiro atoms. The summed E-state index contributed by atoms with van der Waals surface area (Å²) in [5, 5.41) is 2.96. The lowest BCUT2D eigenvalue weighted by Gasteiger charge is -2.33. The predicted octanol–water partition coefficient (Wildman–Crippen LogP) is 2.42. The summed E-state index contributed by atoms with van der Waals surface area (Å²) >= 11 is 6.01. The fourth-order valence-electron chi connectivity index (χ4n) is 3.48. The van der Waals surface area contributed by atoms with Crippen molar-refractivity contribution < 1.29 is 22.7 Å². The highest BCUT2D eigenvalue weighted by atomic mass is 35.5. The van der Waals surface area contributed by atoms with Gasteiger partial charge < -0.3 is 15.0 Å². The molecule has 0 unspecified atom stereocenters. The lowest BCUT2D eigenvalue weighted by atomic mass is 9.96. The normalized spacial score (nSPS) is 19.6. The molecule has 1 aromatic rings. The summed E-state index contributed by atoms with van der Waals surface area (Å²) in [5.74, 6) is 0.259. The second-order valence-electron chi connectivity index (χ2n) is 7.03. The summed E-state index contributed by atoms with van der Waals surface area (Å²) in [6.45, 7) is 5.69. The molecule has 0 saturated carbocycles. The van der Waals surface area contributed by atoms with E-state index in [1.165, 1.54) is 0 Å². The number of ether oxygens (including phenoxy) is 1. The van der Waals surface area contributed by atoms with Crippen LogP contribution in [0, 0.1) is 5.92 Å². The Balaban J connectivity index is 1.45. The van der Waals surface area contributed by atoms with E-state index in [4.69, 9.17) is 16.3 Å². The highest BCUT2D eigenvalue weighted by Crippen LogP contribution is 2.34. The van der Waals surface area contributed by atoms with Crippen LogP contribution in [-0.4, -0.2) is 68.3 Å². The molecule has 0 atom stereocenters. The van der Waals surface area contributed by atoms with Gasteiger partial charge in [0.25, 0.3) is 0 Å². The van der Waals surface area contributed by atoms with Gasteiger partial charge in [-0.15, -0.1) is 0 Å². The smallest absolute Gasteiger partial charge is 0.379 e. The molecule has 3 heterocycles. The minimum atomic E-state index is -4.47. The molecule has 2 aliphatic rings. The maximum atomic E-state index is 12.7. The molecular weight excluding hydrogens is 397 g/mol. The lowest BCUT2D eigenvalue weighted by molar-refractivity contribution is -0.137. The fourth-order valence-corrected chi connectivity index (χ4v) is 3.76. The number of carbonyl (C=O) groups is 1. The van der Waals surface area contributed by atoms with E-state index in [-0.39, 0.29) is 16.8 Å². The van der Waals surface area contributed by atoms with Crippen molar-refractivity contribution in [3.8, 4) is 0 Å². The molecular formula is C18H24ClF3N4O2. The van der Waals surface area contributed by atoms with E-state index in [9.17, 15) is 18.0 Å². The molecule has 0 aliphatic carbocycles. The number of anilines is 1. The van der Waals surface area contributed by atoms with Crippen molar-refractivity contribution in [1.82, 2.24) is 15.2 Å². The Labute approximate surface area is 167 Å². The van der Waals surface area contributed by atoms with Crippen LogP contribution in [0.3, 0.4) is 0 Å². The van der Waals surface area contributed by atoms with Gasteiger partial charge in [0.05, 0.1) is 23.8 Å². The van der Waals surface area contributed by atoms with Gasteiger partial charge >= 0.3 is 6.18 Å². The Morgan fingerprint density at radius 2 is 1.93 bits per heavy atom. The van der Waals surface area contributed by atoms with Crippen molar-refractivity contribution in [1.29, 1.82) is 0 Å². The Bertz CT molecular complexity index is 675. The van der Waals surface area contributed by atoms with E-state index in [1.807, 2.05) is 4.90 Å². The van der Waals surface area contributed by atoms with Gasteiger partial charge in [-0.25, -0.2) is 4.98 Å². The van der Waals surface area contributed by atoms with Crippen LogP contribution >= 0.6 is 11.6 Å². The Morgan fingerprint density at radius 1 is 1.25 bits per heavy atom. The second-order valence-corrected chi connectivity index (χ2v) is 7.44. The maximum absolute atomic E-state index is 12.7. The minimum Gasteiger partial charge on any atom is -0.379 e. The molecule has 1 aromatic heterocycles. The quantitative estimate of drug-likeness (QED) is 0.792. The molecule has 6 nitrogen and oxygen atoms in total. The largest absolute Gasteiger partial charge is 0.417 e. The first-order valence-corrected chi connectivity index (χ1v) is 9.78. The summed E-state index contributed by atoms with van der Waals surface area (Å²) in [6.07, 6.45) is -2.45. The number of alkyl halides is 3. The Morgan fingerprint density at radius 3 is 2.54 bits per heavy atom. The average molecular weight is 421 g/mol. The number of halogens is 4. The highest BCUT2D eigenvalue weighted by Gasteiger charge is 2.33. The third-order valence-electron chi connectivity index (χ3n) is 5.15. The van der Waals surface area contributed by atoms with Gasteiger partial charge in [-0.2, -0.15) is 13.2 Å². The molecule has 3 rings (SSSR count). The van der Waals surface area contributed by atoms with Crippen LogP contribution in [0.4, 0.5) is 19.0 Å². The van der Waals surface area contributed by atoms with Crippen molar-refractivity contribution in [2.45, 2.75) is 19.0 Å². The molecule has 1 amide bonds. The third kappa shape index (κ3) is 5.48. The first kappa shape index (κ1) is 21.1. The number of hydrogen-bond acceptors (Lipinski definition) is 5. The number of amides is 1. The summed E-state index contributed by atoms with van der Waals surface area (Å²) in [4.78, 5) is 20.4. The van der Waals surface area contributed by atoms with Gasteiger partial charge in [0, 0.05) is 51.4 Å². The first-order chi connectivity index (χ1) is 13.3. The Hall–Kier alpha value is -1.58. The molecule has 2 saturated heterocycles. The molecule has 1 N–H and O–H groups in total. The van der Waals surface area contributed by atoms with Crippen LogP contribution in [0.2, 0.25) is 5.02 Å². The van der Waals surface area contributed by atoms with E-state index in [2.05, 4.69) is 15.2 Å². The van der Waals surface area contributed by atoms with Crippen molar-refractivity contribution in [3.63, 3.8) is 0 Å². The molecule has 28 heavy (non-hydrogen) atoms. The number of aromatic nitrogens is 1. The molecule has 156 valence electrons. The number of morpholine rings is 1. The summed E-state index contributed by atoms with van der Waals surface area (Å²) in [7, 11) is 0.